The predicted octanol–water partition coefficient (Wildman–Crippen LogP) is 2.39. The van der Waals surface area contributed by atoms with Crippen LogP contribution in [-0.4, -0.2) is 63.9 Å². The van der Waals surface area contributed by atoms with Crippen molar-refractivity contribution in [3.05, 3.63) is 42.0 Å². The maximum absolute atomic E-state index is 12.9. The Hall–Kier alpha value is -1.70. The summed E-state index contributed by atoms with van der Waals surface area (Å²) in [4.78, 5) is 28.9. The molecule has 0 bridgehead atoms. The summed E-state index contributed by atoms with van der Waals surface area (Å²) in [6.07, 6.45) is 3.19. The van der Waals surface area contributed by atoms with Crippen LogP contribution < -0.4 is 5.32 Å². The van der Waals surface area contributed by atoms with Crippen LogP contribution in [0.3, 0.4) is 0 Å². The van der Waals surface area contributed by atoms with Gasteiger partial charge in [-0.15, -0.1) is 0 Å². The van der Waals surface area contributed by atoms with Gasteiger partial charge in [-0.1, -0.05) is 54.3 Å². The number of nitrogens with zero attached hydrogens (tertiary/aromatic N) is 2. The van der Waals surface area contributed by atoms with Crippen LogP contribution in [0.4, 0.5) is 0 Å². The van der Waals surface area contributed by atoms with Crippen LogP contribution in [0.1, 0.15) is 19.4 Å². The number of carbonyl (C=O) groups is 2. The van der Waals surface area contributed by atoms with Gasteiger partial charge in [0.25, 0.3) is 5.91 Å². The van der Waals surface area contributed by atoms with E-state index in [2.05, 4.69) is 5.32 Å². The smallest absolute Gasteiger partial charge is 0.252 e. The lowest BCUT2D eigenvalue weighted by atomic mass is 10.0. The maximum Gasteiger partial charge on any atom is 0.252 e. The van der Waals surface area contributed by atoms with Crippen LogP contribution in [0.25, 0.3) is 6.08 Å². The number of thiocarbonyl (C=S) groups is 1. The van der Waals surface area contributed by atoms with Gasteiger partial charge in [0.1, 0.15) is 10.4 Å². The molecule has 26 heavy (non-hydrogen) atoms. The topological polar surface area (TPSA) is 52.6 Å². The second-order valence-electron chi connectivity index (χ2n) is 6.95. The second-order valence-corrected chi connectivity index (χ2v) is 9.24. The summed E-state index contributed by atoms with van der Waals surface area (Å²) < 4.78 is 0.0612. The Kier molecular flexibility index (Phi) is 6.97. The van der Waals surface area contributed by atoms with E-state index in [1.165, 1.54) is 17.8 Å². The van der Waals surface area contributed by atoms with Crippen LogP contribution in [0, 0.1) is 0 Å². The Balaban J connectivity index is 2.09. The summed E-state index contributed by atoms with van der Waals surface area (Å²) in [5, 5.41) is 2.86. The van der Waals surface area contributed by atoms with Crippen LogP contribution in [0.2, 0.25) is 0 Å². The normalized spacial score (nSPS) is 20.0. The van der Waals surface area contributed by atoms with Gasteiger partial charge in [-0.2, -0.15) is 0 Å². The molecule has 0 saturated carbocycles. The standard InChI is InChI=1S/C19H25N3O2S2/c1-19(2)16(17(24)22(18(25)26-19)13-12-21(3)4)20-15(23)11-10-14-8-6-5-7-9-14/h5-11,16H,12-13H2,1-4H3,(H,20,23)/b11-10+. The van der Waals surface area contributed by atoms with Gasteiger partial charge in [0.05, 0.1) is 0 Å². The van der Waals surface area contributed by atoms with Crippen molar-refractivity contribution in [2.24, 2.45) is 0 Å². The van der Waals surface area contributed by atoms with Gasteiger partial charge in [-0.05, 0) is 39.6 Å². The van der Waals surface area contributed by atoms with E-state index in [1.54, 1.807) is 11.0 Å². The van der Waals surface area contributed by atoms with E-state index < -0.39 is 10.8 Å². The average Bonchev–Trinajstić information content (AvgIpc) is 2.56. The molecule has 0 radical (unpaired) electrons. The molecular formula is C19H25N3O2S2. The van der Waals surface area contributed by atoms with Crippen LogP contribution in [0.5, 0.6) is 0 Å². The van der Waals surface area contributed by atoms with E-state index in [4.69, 9.17) is 12.2 Å². The van der Waals surface area contributed by atoms with Crippen molar-refractivity contribution in [2.75, 3.05) is 27.2 Å². The SMILES string of the molecule is CN(C)CCN1C(=O)C(NC(=O)/C=C/c2ccccc2)C(C)(C)SC1=S. The van der Waals surface area contributed by atoms with E-state index in [-0.39, 0.29) is 11.8 Å². The van der Waals surface area contributed by atoms with Crippen molar-refractivity contribution in [3.63, 3.8) is 0 Å². The van der Waals surface area contributed by atoms with Crippen LogP contribution in [-0.2, 0) is 9.59 Å². The third-order valence-electron chi connectivity index (χ3n) is 4.06. The zero-order chi connectivity index (χ0) is 19.3. The molecule has 0 aromatic heterocycles. The summed E-state index contributed by atoms with van der Waals surface area (Å²) in [5.74, 6) is -0.441. The number of benzene rings is 1. The largest absolute Gasteiger partial charge is 0.339 e. The molecule has 1 atom stereocenters. The molecular weight excluding hydrogens is 366 g/mol. The molecule has 0 spiro atoms. The monoisotopic (exact) mass is 391 g/mol. The highest BCUT2D eigenvalue weighted by molar-refractivity contribution is 8.24. The van der Waals surface area contributed by atoms with Crippen LogP contribution in [0.15, 0.2) is 36.4 Å². The number of nitrogens with one attached hydrogen (secondary N) is 1. The van der Waals surface area contributed by atoms with E-state index in [1.807, 2.05) is 63.2 Å². The lowest BCUT2D eigenvalue weighted by Crippen LogP contribution is -2.62. The Bertz CT molecular complexity index is 702. The Morgan fingerprint density at radius 2 is 2.00 bits per heavy atom. The van der Waals surface area contributed by atoms with E-state index in [9.17, 15) is 9.59 Å². The average molecular weight is 392 g/mol. The Morgan fingerprint density at radius 3 is 2.62 bits per heavy atom. The van der Waals surface area contributed by atoms with Gasteiger partial charge < -0.3 is 10.2 Å². The van der Waals surface area contributed by atoms with E-state index in [0.717, 1.165) is 5.56 Å². The molecule has 1 saturated heterocycles. The summed E-state index contributed by atoms with van der Waals surface area (Å²) in [6.45, 7) is 5.08. The number of rotatable bonds is 6. The lowest BCUT2D eigenvalue weighted by Gasteiger charge is -2.42. The zero-order valence-electron chi connectivity index (χ0n) is 15.6. The lowest BCUT2D eigenvalue weighted by molar-refractivity contribution is -0.133. The molecule has 5 nitrogen and oxygen atoms in total. The van der Waals surface area contributed by atoms with Crippen molar-refractivity contribution in [2.45, 2.75) is 24.6 Å². The fourth-order valence-electron chi connectivity index (χ4n) is 2.55. The predicted molar refractivity (Wildman–Crippen MR) is 112 cm³/mol. The minimum atomic E-state index is -0.630. The number of carbonyl (C=O) groups excluding carboxylic acids is 2. The highest BCUT2D eigenvalue weighted by atomic mass is 32.2. The van der Waals surface area contributed by atoms with Gasteiger partial charge >= 0.3 is 0 Å². The van der Waals surface area contributed by atoms with Gasteiger partial charge in [0.15, 0.2) is 0 Å². The van der Waals surface area contributed by atoms with Crippen molar-refractivity contribution in [3.8, 4) is 0 Å². The summed E-state index contributed by atoms with van der Waals surface area (Å²) in [6, 6.07) is 8.93. The van der Waals surface area contributed by atoms with Crippen molar-refractivity contribution < 1.29 is 9.59 Å². The molecule has 1 unspecified atom stereocenters. The number of thioether (sulfide) groups is 1. The molecule has 2 amide bonds. The molecule has 1 aliphatic rings. The first-order valence-electron chi connectivity index (χ1n) is 8.43. The zero-order valence-corrected chi connectivity index (χ0v) is 17.2. The molecule has 7 heteroatoms. The third kappa shape index (κ3) is 5.40. The fraction of sp³-hybridized carbons (Fsp3) is 0.421. The van der Waals surface area contributed by atoms with E-state index >= 15 is 0 Å². The summed E-state index contributed by atoms with van der Waals surface area (Å²) >= 11 is 6.86. The van der Waals surface area contributed by atoms with Gasteiger partial charge in [-0.3, -0.25) is 14.5 Å². The number of amides is 2. The molecule has 0 aliphatic carbocycles. The second kappa shape index (κ2) is 8.79. The molecule has 1 aromatic carbocycles. The van der Waals surface area contributed by atoms with Crippen molar-refractivity contribution in [1.82, 2.24) is 15.1 Å². The van der Waals surface area contributed by atoms with Crippen molar-refractivity contribution >= 4 is 46.2 Å². The Morgan fingerprint density at radius 1 is 1.35 bits per heavy atom. The van der Waals surface area contributed by atoms with Gasteiger partial charge in [0.2, 0.25) is 5.91 Å². The minimum absolute atomic E-state index is 0.151. The molecule has 1 aromatic rings. The highest BCUT2D eigenvalue weighted by Gasteiger charge is 2.46. The third-order valence-corrected chi connectivity index (χ3v) is 5.69. The molecule has 2 rings (SSSR count). The fourth-order valence-corrected chi connectivity index (χ4v) is 4.39. The molecule has 1 fully saturated rings. The van der Waals surface area contributed by atoms with E-state index in [0.29, 0.717) is 17.4 Å². The minimum Gasteiger partial charge on any atom is -0.339 e. The molecule has 1 heterocycles. The number of hydrogen-bond acceptors (Lipinski definition) is 5. The maximum atomic E-state index is 12.9. The van der Waals surface area contributed by atoms with Gasteiger partial charge in [0, 0.05) is 23.9 Å². The number of likely N-dealkylation sites (N-methyl/N-ethyl adjacent to an activating group) is 1. The summed E-state index contributed by atoms with van der Waals surface area (Å²) in [7, 11) is 3.89. The highest BCUT2D eigenvalue weighted by Crippen LogP contribution is 2.36. The Labute approximate surface area is 164 Å². The van der Waals surface area contributed by atoms with Gasteiger partial charge in [-0.25, -0.2) is 0 Å². The molecule has 140 valence electrons. The molecule has 1 N–H and O–H groups in total. The first-order chi connectivity index (χ1) is 12.2. The first-order valence-corrected chi connectivity index (χ1v) is 9.66. The first kappa shape index (κ1) is 20.6. The van der Waals surface area contributed by atoms with Crippen LogP contribution >= 0.6 is 24.0 Å². The molecule has 1 aliphatic heterocycles. The van der Waals surface area contributed by atoms with Crippen molar-refractivity contribution in [1.29, 1.82) is 0 Å². The quantitative estimate of drug-likeness (QED) is 0.596. The summed E-state index contributed by atoms with van der Waals surface area (Å²) in [5.41, 5.74) is 0.931. The number of hydrogen-bond donors (Lipinski definition) is 1.